The van der Waals surface area contributed by atoms with Crippen molar-refractivity contribution in [2.75, 3.05) is 5.32 Å². The van der Waals surface area contributed by atoms with Gasteiger partial charge in [-0.2, -0.15) is 0 Å². The van der Waals surface area contributed by atoms with Crippen molar-refractivity contribution < 1.29 is 9.18 Å². The fraction of sp³-hybridized carbons (Fsp3) is 0.0667. The van der Waals surface area contributed by atoms with E-state index < -0.39 is 5.82 Å². The SMILES string of the molecule is Cc1nc(-n2cccc2)sc1C(=O)Nc1ccccc1F. The molecule has 0 aliphatic heterocycles. The lowest BCUT2D eigenvalue weighted by Gasteiger charge is -2.04. The van der Waals surface area contributed by atoms with E-state index in [1.807, 2.05) is 29.1 Å². The molecule has 0 bridgehead atoms. The molecule has 3 aromatic rings. The van der Waals surface area contributed by atoms with Gasteiger partial charge in [-0.1, -0.05) is 23.5 Å². The molecule has 0 unspecified atom stereocenters. The maximum atomic E-state index is 13.6. The van der Waals surface area contributed by atoms with E-state index in [2.05, 4.69) is 10.3 Å². The van der Waals surface area contributed by atoms with Gasteiger partial charge >= 0.3 is 0 Å². The second kappa shape index (κ2) is 5.49. The van der Waals surface area contributed by atoms with Crippen LogP contribution in [0.15, 0.2) is 48.8 Å². The summed E-state index contributed by atoms with van der Waals surface area (Å²) in [5.74, 6) is -0.813. The molecule has 0 saturated heterocycles. The van der Waals surface area contributed by atoms with Crippen molar-refractivity contribution in [1.82, 2.24) is 9.55 Å². The molecule has 1 amide bonds. The van der Waals surface area contributed by atoms with Crippen LogP contribution < -0.4 is 5.32 Å². The first-order valence-corrected chi connectivity index (χ1v) is 7.13. The first-order chi connectivity index (χ1) is 10.1. The van der Waals surface area contributed by atoms with E-state index in [0.717, 1.165) is 0 Å². The quantitative estimate of drug-likeness (QED) is 0.803. The summed E-state index contributed by atoms with van der Waals surface area (Å²) in [5.41, 5.74) is 0.787. The first kappa shape index (κ1) is 13.5. The van der Waals surface area contributed by atoms with Crippen molar-refractivity contribution in [2.45, 2.75) is 6.92 Å². The third-order valence-electron chi connectivity index (χ3n) is 2.94. The highest BCUT2D eigenvalue weighted by Gasteiger charge is 2.17. The van der Waals surface area contributed by atoms with E-state index in [4.69, 9.17) is 0 Å². The van der Waals surface area contributed by atoms with Crippen molar-refractivity contribution in [3.8, 4) is 5.13 Å². The van der Waals surface area contributed by atoms with E-state index in [1.54, 1.807) is 19.1 Å². The van der Waals surface area contributed by atoms with Gasteiger partial charge < -0.3 is 9.88 Å². The summed E-state index contributed by atoms with van der Waals surface area (Å²) < 4.78 is 15.4. The van der Waals surface area contributed by atoms with Crippen LogP contribution in [0.5, 0.6) is 0 Å². The van der Waals surface area contributed by atoms with Crippen molar-refractivity contribution in [3.05, 3.63) is 65.2 Å². The average Bonchev–Trinajstić information content (AvgIpc) is 3.10. The summed E-state index contributed by atoms with van der Waals surface area (Å²) in [6.45, 7) is 1.76. The van der Waals surface area contributed by atoms with Gasteiger partial charge in [0.15, 0.2) is 5.13 Å². The minimum atomic E-state index is -0.460. The molecule has 0 saturated carbocycles. The van der Waals surface area contributed by atoms with Gasteiger partial charge in [0.25, 0.3) is 5.91 Å². The minimum absolute atomic E-state index is 0.165. The summed E-state index contributed by atoms with van der Waals surface area (Å²) in [4.78, 5) is 17.1. The minimum Gasteiger partial charge on any atom is -0.319 e. The number of hydrogen-bond donors (Lipinski definition) is 1. The number of thiazole rings is 1. The van der Waals surface area contributed by atoms with Crippen LogP contribution in [0.2, 0.25) is 0 Å². The van der Waals surface area contributed by atoms with Crippen LogP contribution in [-0.2, 0) is 0 Å². The van der Waals surface area contributed by atoms with Crippen LogP contribution in [0.4, 0.5) is 10.1 Å². The fourth-order valence-corrected chi connectivity index (χ4v) is 2.84. The van der Waals surface area contributed by atoms with Gasteiger partial charge in [-0.3, -0.25) is 4.79 Å². The Balaban J connectivity index is 1.87. The lowest BCUT2D eigenvalue weighted by atomic mass is 10.3. The van der Waals surface area contributed by atoms with Crippen molar-refractivity contribution in [2.24, 2.45) is 0 Å². The number of aryl methyl sites for hydroxylation is 1. The lowest BCUT2D eigenvalue weighted by molar-refractivity contribution is 0.102. The molecule has 0 spiro atoms. The maximum Gasteiger partial charge on any atom is 0.267 e. The highest BCUT2D eigenvalue weighted by Crippen LogP contribution is 2.23. The predicted molar refractivity (Wildman–Crippen MR) is 80.5 cm³/mol. The van der Waals surface area contributed by atoms with E-state index in [9.17, 15) is 9.18 Å². The molecule has 21 heavy (non-hydrogen) atoms. The smallest absolute Gasteiger partial charge is 0.267 e. The number of nitrogens with zero attached hydrogens (tertiary/aromatic N) is 2. The van der Waals surface area contributed by atoms with Gasteiger partial charge in [-0.15, -0.1) is 0 Å². The topological polar surface area (TPSA) is 46.9 Å². The molecule has 0 aliphatic carbocycles. The Labute approximate surface area is 124 Å². The molecular formula is C15H12FN3OS. The molecule has 106 valence electrons. The van der Waals surface area contributed by atoms with E-state index in [-0.39, 0.29) is 11.6 Å². The molecule has 0 aliphatic rings. The molecule has 1 aromatic carbocycles. The van der Waals surface area contributed by atoms with Gasteiger partial charge in [0.1, 0.15) is 10.7 Å². The molecule has 6 heteroatoms. The second-order valence-corrected chi connectivity index (χ2v) is 5.41. The zero-order valence-corrected chi connectivity index (χ0v) is 12.0. The first-order valence-electron chi connectivity index (χ1n) is 6.32. The molecule has 0 atom stereocenters. The predicted octanol–water partition coefficient (Wildman–Crippen LogP) is 3.63. The van der Waals surface area contributed by atoms with E-state index in [0.29, 0.717) is 15.7 Å². The Morgan fingerprint density at radius 2 is 1.95 bits per heavy atom. The van der Waals surface area contributed by atoms with Crippen LogP contribution in [0.25, 0.3) is 5.13 Å². The molecule has 0 fully saturated rings. The average molecular weight is 301 g/mol. The summed E-state index contributed by atoms with van der Waals surface area (Å²) in [7, 11) is 0. The number of carbonyl (C=O) groups excluding carboxylic acids is 1. The van der Waals surface area contributed by atoms with Gasteiger partial charge in [0, 0.05) is 12.4 Å². The highest BCUT2D eigenvalue weighted by atomic mass is 32.1. The van der Waals surface area contributed by atoms with Gasteiger partial charge in [-0.05, 0) is 31.2 Å². The van der Waals surface area contributed by atoms with Crippen molar-refractivity contribution in [3.63, 3.8) is 0 Å². The third-order valence-corrected chi connectivity index (χ3v) is 4.11. The van der Waals surface area contributed by atoms with Crippen LogP contribution in [0.1, 0.15) is 15.4 Å². The van der Waals surface area contributed by atoms with E-state index >= 15 is 0 Å². The molecule has 1 N–H and O–H groups in total. The summed E-state index contributed by atoms with van der Waals surface area (Å²) in [6.07, 6.45) is 3.72. The number of nitrogens with one attached hydrogen (secondary N) is 1. The zero-order valence-electron chi connectivity index (χ0n) is 11.2. The number of anilines is 1. The van der Waals surface area contributed by atoms with E-state index in [1.165, 1.54) is 23.5 Å². The normalized spacial score (nSPS) is 10.6. The van der Waals surface area contributed by atoms with Gasteiger partial charge in [0.05, 0.1) is 11.4 Å². The molecule has 2 heterocycles. The number of halogens is 1. The number of para-hydroxylation sites is 1. The Bertz CT molecular complexity index is 780. The number of carbonyl (C=O) groups is 1. The summed E-state index contributed by atoms with van der Waals surface area (Å²) in [6, 6.07) is 9.85. The van der Waals surface area contributed by atoms with Crippen LogP contribution in [-0.4, -0.2) is 15.5 Å². The van der Waals surface area contributed by atoms with Gasteiger partial charge in [-0.25, -0.2) is 9.37 Å². The van der Waals surface area contributed by atoms with Crippen molar-refractivity contribution >= 4 is 22.9 Å². The molecular weight excluding hydrogens is 289 g/mol. The van der Waals surface area contributed by atoms with Crippen LogP contribution in [0, 0.1) is 12.7 Å². The number of amides is 1. The maximum absolute atomic E-state index is 13.6. The standard InChI is InChI=1S/C15H12FN3OS/c1-10-13(21-15(17-10)19-8-4-5-9-19)14(20)18-12-7-3-2-6-11(12)16/h2-9H,1H3,(H,18,20). The summed E-state index contributed by atoms with van der Waals surface area (Å²) in [5, 5.41) is 3.28. The lowest BCUT2D eigenvalue weighted by Crippen LogP contribution is -2.12. The monoisotopic (exact) mass is 301 g/mol. The van der Waals surface area contributed by atoms with Crippen LogP contribution in [0.3, 0.4) is 0 Å². The molecule has 3 rings (SSSR count). The number of rotatable bonds is 3. The molecule has 2 aromatic heterocycles. The van der Waals surface area contributed by atoms with Crippen LogP contribution >= 0.6 is 11.3 Å². The Morgan fingerprint density at radius 3 is 2.67 bits per heavy atom. The second-order valence-electron chi connectivity index (χ2n) is 4.44. The number of hydrogen-bond acceptors (Lipinski definition) is 3. The Morgan fingerprint density at radius 1 is 1.24 bits per heavy atom. The number of benzene rings is 1. The largest absolute Gasteiger partial charge is 0.319 e. The molecule has 4 nitrogen and oxygen atoms in total. The zero-order chi connectivity index (χ0) is 14.8. The summed E-state index contributed by atoms with van der Waals surface area (Å²) >= 11 is 1.27. The Hall–Kier alpha value is -2.47. The number of aromatic nitrogens is 2. The van der Waals surface area contributed by atoms with Gasteiger partial charge in [0.2, 0.25) is 0 Å². The Kier molecular flexibility index (Phi) is 3.53. The fourth-order valence-electron chi connectivity index (χ4n) is 1.91. The molecule has 0 radical (unpaired) electrons. The third kappa shape index (κ3) is 2.71. The van der Waals surface area contributed by atoms with Crippen molar-refractivity contribution in [1.29, 1.82) is 0 Å². The highest BCUT2D eigenvalue weighted by molar-refractivity contribution is 7.16.